The lowest BCUT2D eigenvalue weighted by molar-refractivity contribution is -0.122. The zero-order valence-corrected chi connectivity index (χ0v) is 16.1. The number of carbonyl (C=O) groups excluding carboxylic acids is 1. The molecule has 2 aromatic rings. The third-order valence-electron chi connectivity index (χ3n) is 4.75. The molecule has 1 amide bonds. The predicted octanol–water partition coefficient (Wildman–Crippen LogP) is 3.29. The standard InChI is InChI=1S/C20H22ClN3O3/c1-12-10-24(11-13(2)26-12)19-6-4-16(9-22-19)23-20(25)18-8-14-7-15(21)3-5-17(14)27-18/h3-7,9,12-13,18H,8,10-11H2,1-2H3,(H,23,25)/t12-,13-,18-/m1/s1. The van der Waals surface area contributed by atoms with Crippen LogP contribution in [0.4, 0.5) is 11.5 Å². The average molecular weight is 388 g/mol. The van der Waals surface area contributed by atoms with Crippen molar-refractivity contribution in [1.29, 1.82) is 0 Å². The minimum absolute atomic E-state index is 0.171. The molecule has 0 aliphatic carbocycles. The zero-order valence-electron chi connectivity index (χ0n) is 15.3. The lowest BCUT2D eigenvalue weighted by atomic mass is 10.1. The Morgan fingerprint density at radius 1 is 1.22 bits per heavy atom. The first-order chi connectivity index (χ1) is 13.0. The molecule has 0 radical (unpaired) electrons. The van der Waals surface area contributed by atoms with Crippen molar-refractivity contribution in [3.63, 3.8) is 0 Å². The molecule has 7 heteroatoms. The van der Waals surface area contributed by atoms with E-state index in [9.17, 15) is 4.79 Å². The first kappa shape index (κ1) is 18.1. The Kier molecular flexibility index (Phi) is 4.93. The van der Waals surface area contributed by atoms with E-state index < -0.39 is 6.10 Å². The van der Waals surface area contributed by atoms with Crippen LogP contribution in [-0.2, 0) is 16.0 Å². The van der Waals surface area contributed by atoms with E-state index in [1.807, 2.05) is 18.2 Å². The number of carbonyl (C=O) groups is 1. The molecule has 2 aliphatic rings. The van der Waals surface area contributed by atoms with Crippen LogP contribution in [0.2, 0.25) is 5.02 Å². The van der Waals surface area contributed by atoms with Gasteiger partial charge in [-0.15, -0.1) is 0 Å². The molecule has 1 aromatic heterocycles. The van der Waals surface area contributed by atoms with Gasteiger partial charge in [-0.3, -0.25) is 4.79 Å². The van der Waals surface area contributed by atoms with Crippen molar-refractivity contribution >= 4 is 29.0 Å². The van der Waals surface area contributed by atoms with Crippen molar-refractivity contribution in [2.75, 3.05) is 23.3 Å². The monoisotopic (exact) mass is 387 g/mol. The fourth-order valence-corrected chi connectivity index (χ4v) is 3.79. The van der Waals surface area contributed by atoms with Crippen LogP contribution in [0.15, 0.2) is 36.5 Å². The fraction of sp³-hybridized carbons (Fsp3) is 0.400. The van der Waals surface area contributed by atoms with Crippen LogP contribution in [-0.4, -0.2) is 42.3 Å². The molecule has 142 valence electrons. The van der Waals surface area contributed by atoms with Crippen LogP contribution in [0.5, 0.6) is 5.75 Å². The van der Waals surface area contributed by atoms with Gasteiger partial charge in [0.1, 0.15) is 11.6 Å². The lowest BCUT2D eigenvalue weighted by Gasteiger charge is -2.36. The van der Waals surface area contributed by atoms with Crippen LogP contribution < -0.4 is 15.0 Å². The number of morpholine rings is 1. The number of benzene rings is 1. The Hall–Kier alpha value is -2.31. The summed E-state index contributed by atoms with van der Waals surface area (Å²) >= 11 is 6.00. The van der Waals surface area contributed by atoms with E-state index in [0.717, 1.165) is 24.5 Å². The summed E-state index contributed by atoms with van der Waals surface area (Å²) in [5, 5.41) is 3.52. The summed E-state index contributed by atoms with van der Waals surface area (Å²) in [4.78, 5) is 19.2. The van der Waals surface area contributed by atoms with Crippen molar-refractivity contribution in [2.45, 2.75) is 38.6 Å². The van der Waals surface area contributed by atoms with Gasteiger partial charge in [0.05, 0.1) is 24.1 Å². The number of amides is 1. The number of aromatic nitrogens is 1. The molecule has 0 unspecified atom stereocenters. The fourth-order valence-electron chi connectivity index (χ4n) is 3.60. The lowest BCUT2D eigenvalue weighted by Crippen LogP contribution is -2.45. The van der Waals surface area contributed by atoms with E-state index in [4.69, 9.17) is 21.1 Å². The number of hydrogen-bond acceptors (Lipinski definition) is 5. The maximum absolute atomic E-state index is 12.5. The number of anilines is 2. The van der Waals surface area contributed by atoms with Gasteiger partial charge in [-0.25, -0.2) is 4.98 Å². The number of pyridine rings is 1. The summed E-state index contributed by atoms with van der Waals surface area (Å²) in [5.74, 6) is 1.41. The Balaban J connectivity index is 1.38. The quantitative estimate of drug-likeness (QED) is 0.875. The van der Waals surface area contributed by atoms with E-state index in [0.29, 0.717) is 22.9 Å². The number of ether oxygens (including phenoxy) is 2. The average Bonchev–Trinajstić information content (AvgIpc) is 3.05. The Morgan fingerprint density at radius 3 is 2.70 bits per heavy atom. The molecule has 0 saturated carbocycles. The van der Waals surface area contributed by atoms with Crippen LogP contribution in [0.3, 0.4) is 0 Å². The van der Waals surface area contributed by atoms with Gasteiger partial charge in [0, 0.05) is 24.5 Å². The maximum Gasteiger partial charge on any atom is 0.265 e. The highest BCUT2D eigenvalue weighted by molar-refractivity contribution is 6.30. The summed E-state index contributed by atoms with van der Waals surface area (Å²) < 4.78 is 11.5. The number of halogens is 1. The number of nitrogens with one attached hydrogen (secondary N) is 1. The highest BCUT2D eigenvalue weighted by Crippen LogP contribution is 2.31. The van der Waals surface area contributed by atoms with Crippen LogP contribution in [0.1, 0.15) is 19.4 Å². The maximum atomic E-state index is 12.5. The highest BCUT2D eigenvalue weighted by atomic mass is 35.5. The van der Waals surface area contributed by atoms with Gasteiger partial charge in [0.2, 0.25) is 0 Å². The van der Waals surface area contributed by atoms with Gasteiger partial charge in [0.25, 0.3) is 5.91 Å². The second kappa shape index (κ2) is 7.37. The molecule has 3 heterocycles. The van der Waals surface area contributed by atoms with E-state index >= 15 is 0 Å². The third-order valence-corrected chi connectivity index (χ3v) is 4.98. The van der Waals surface area contributed by atoms with Gasteiger partial charge in [-0.2, -0.15) is 0 Å². The zero-order chi connectivity index (χ0) is 19.0. The van der Waals surface area contributed by atoms with Crippen molar-refractivity contribution < 1.29 is 14.3 Å². The molecule has 6 nitrogen and oxygen atoms in total. The normalized spacial score (nSPS) is 24.3. The first-order valence-corrected chi connectivity index (χ1v) is 9.48. The number of rotatable bonds is 3. The molecule has 3 atom stereocenters. The second-order valence-corrected chi connectivity index (χ2v) is 7.56. The highest BCUT2D eigenvalue weighted by Gasteiger charge is 2.29. The largest absolute Gasteiger partial charge is 0.480 e. The van der Waals surface area contributed by atoms with E-state index in [1.54, 1.807) is 18.3 Å². The SMILES string of the molecule is C[C@@H]1CN(c2ccc(NC(=O)[C@H]3Cc4cc(Cl)ccc4O3)cn2)C[C@@H](C)O1. The summed E-state index contributed by atoms with van der Waals surface area (Å²) in [6.07, 6.45) is 1.97. The van der Waals surface area contributed by atoms with Crippen LogP contribution in [0.25, 0.3) is 0 Å². The van der Waals surface area contributed by atoms with Crippen LogP contribution >= 0.6 is 11.6 Å². The Labute approximate surface area is 163 Å². The molecule has 1 N–H and O–H groups in total. The second-order valence-electron chi connectivity index (χ2n) is 7.12. The Morgan fingerprint density at radius 2 is 2.00 bits per heavy atom. The van der Waals surface area contributed by atoms with Gasteiger partial charge < -0.3 is 19.7 Å². The molecule has 27 heavy (non-hydrogen) atoms. The molecule has 1 saturated heterocycles. The molecular weight excluding hydrogens is 366 g/mol. The summed E-state index contributed by atoms with van der Waals surface area (Å²) in [7, 11) is 0. The van der Waals surface area contributed by atoms with Crippen molar-refractivity contribution in [3.8, 4) is 5.75 Å². The molecule has 0 bridgehead atoms. The molecule has 1 fully saturated rings. The van der Waals surface area contributed by atoms with E-state index in [-0.39, 0.29) is 18.1 Å². The van der Waals surface area contributed by atoms with Gasteiger partial charge in [-0.1, -0.05) is 11.6 Å². The third kappa shape index (κ3) is 4.01. The minimum Gasteiger partial charge on any atom is -0.480 e. The number of hydrogen-bond donors (Lipinski definition) is 1. The predicted molar refractivity (Wildman–Crippen MR) is 105 cm³/mol. The number of nitrogens with zero attached hydrogens (tertiary/aromatic N) is 2. The molecule has 2 aliphatic heterocycles. The smallest absolute Gasteiger partial charge is 0.265 e. The first-order valence-electron chi connectivity index (χ1n) is 9.10. The molecule has 0 spiro atoms. The van der Waals surface area contributed by atoms with Crippen molar-refractivity contribution in [2.24, 2.45) is 0 Å². The molecule has 1 aromatic carbocycles. The summed E-state index contributed by atoms with van der Waals surface area (Å²) in [6.45, 7) is 5.73. The van der Waals surface area contributed by atoms with Crippen LogP contribution in [0, 0.1) is 0 Å². The number of fused-ring (bicyclic) bond motifs is 1. The van der Waals surface area contributed by atoms with Gasteiger partial charge >= 0.3 is 0 Å². The van der Waals surface area contributed by atoms with E-state index in [2.05, 4.69) is 29.0 Å². The van der Waals surface area contributed by atoms with Gasteiger partial charge in [-0.05, 0) is 49.7 Å². The molecular formula is C20H22ClN3O3. The van der Waals surface area contributed by atoms with Crippen molar-refractivity contribution in [3.05, 3.63) is 47.1 Å². The summed E-state index contributed by atoms with van der Waals surface area (Å²) in [6, 6.07) is 9.18. The molecule has 4 rings (SSSR count). The minimum atomic E-state index is -0.556. The topological polar surface area (TPSA) is 63.7 Å². The van der Waals surface area contributed by atoms with Crippen molar-refractivity contribution in [1.82, 2.24) is 4.98 Å². The summed E-state index contributed by atoms with van der Waals surface area (Å²) in [5.41, 5.74) is 1.60. The Bertz CT molecular complexity index is 833. The van der Waals surface area contributed by atoms with E-state index in [1.165, 1.54) is 0 Å². The van der Waals surface area contributed by atoms with Gasteiger partial charge in [0.15, 0.2) is 6.10 Å².